The van der Waals surface area contributed by atoms with Crippen molar-refractivity contribution >= 4 is 51.3 Å². The molecule has 2 aliphatic carbocycles. The molecule has 3 aliphatic rings. The highest BCUT2D eigenvalue weighted by Crippen LogP contribution is 2.43. The van der Waals surface area contributed by atoms with Crippen LogP contribution < -0.4 is 4.90 Å². The summed E-state index contributed by atoms with van der Waals surface area (Å²) in [6.45, 7) is 0. The molecule has 5 nitrogen and oxygen atoms in total. The number of rotatable bonds is 5. The number of dihydropyridines is 1. The van der Waals surface area contributed by atoms with Crippen molar-refractivity contribution < 1.29 is 8.78 Å². The Bertz CT molecular complexity index is 1950. The van der Waals surface area contributed by atoms with Crippen LogP contribution in [0.2, 0.25) is 5.02 Å². The molecule has 0 bridgehead atoms. The fourth-order valence-corrected chi connectivity index (χ4v) is 6.07. The average Bonchev–Trinajstić information content (AvgIpc) is 3.03. The van der Waals surface area contributed by atoms with E-state index < -0.39 is 11.7 Å². The highest BCUT2D eigenvalue weighted by Gasteiger charge is 2.34. The van der Waals surface area contributed by atoms with Gasteiger partial charge >= 0.3 is 0 Å². The Labute approximate surface area is 256 Å². The molecule has 9 heteroatoms. The lowest BCUT2D eigenvalue weighted by Gasteiger charge is -2.35. The Morgan fingerprint density at radius 1 is 0.953 bits per heavy atom. The van der Waals surface area contributed by atoms with E-state index in [0.29, 0.717) is 51.3 Å². The SMILES string of the molecule is FC1=CC=C(Cl)CC1C1=NC2CC=CC=C2C(N(c2ccncn2)c2cc(-c3cc(Cl)ccc3F)nc3ccccc23)=C1. The number of nitrogens with zero attached hydrogens (tertiary/aromatic N) is 5. The lowest BCUT2D eigenvalue weighted by atomic mass is 9.86. The van der Waals surface area contributed by atoms with Crippen LogP contribution in [0.15, 0.2) is 131 Å². The smallest absolute Gasteiger partial charge is 0.140 e. The molecule has 2 aromatic heterocycles. The molecule has 1 aliphatic heterocycles. The number of benzene rings is 2. The first-order chi connectivity index (χ1) is 21.0. The fourth-order valence-electron chi connectivity index (χ4n) is 5.68. The number of para-hydroxylation sites is 1. The monoisotopic (exact) mass is 609 g/mol. The summed E-state index contributed by atoms with van der Waals surface area (Å²) >= 11 is 12.7. The van der Waals surface area contributed by atoms with E-state index in [1.54, 1.807) is 24.4 Å². The first kappa shape index (κ1) is 27.4. The molecule has 2 unspecified atom stereocenters. The zero-order valence-electron chi connectivity index (χ0n) is 22.6. The van der Waals surface area contributed by atoms with Gasteiger partial charge in [0.2, 0.25) is 0 Å². The van der Waals surface area contributed by atoms with Crippen molar-refractivity contribution in [3.05, 3.63) is 137 Å². The maximum absolute atomic E-state index is 15.3. The molecular weight excluding hydrogens is 587 g/mol. The van der Waals surface area contributed by atoms with Gasteiger partial charge in [0.15, 0.2) is 0 Å². The Kier molecular flexibility index (Phi) is 7.21. The molecule has 0 fully saturated rings. The van der Waals surface area contributed by atoms with Gasteiger partial charge in [0, 0.05) is 38.5 Å². The number of hydrogen-bond donors (Lipinski definition) is 0. The third kappa shape index (κ3) is 5.19. The Hall–Kier alpha value is -4.46. The van der Waals surface area contributed by atoms with E-state index >= 15 is 8.78 Å². The number of anilines is 2. The predicted molar refractivity (Wildman–Crippen MR) is 169 cm³/mol. The van der Waals surface area contributed by atoms with E-state index in [0.717, 1.165) is 16.7 Å². The molecule has 0 spiro atoms. The van der Waals surface area contributed by atoms with Crippen LogP contribution in [0.5, 0.6) is 0 Å². The van der Waals surface area contributed by atoms with Crippen LogP contribution in [0.3, 0.4) is 0 Å². The second-order valence-corrected chi connectivity index (χ2v) is 11.3. The maximum Gasteiger partial charge on any atom is 0.140 e. The zero-order valence-corrected chi connectivity index (χ0v) is 24.1. The highest BCUT2D eigenvalue weighted by molar-refractivity contribution is 6.31. The average molecular weight is 610 g/mol. The third-order valence-corrected chi connectivity index (χ3v) is 8.22. The van der Waals surface area contributed by atoms with Gasteiger partial charge < -0.3 is 0 Å². The number of halogens is 4. The van der Waals surface area contributed by atoms with Crippen molar-refractivity contribution in [2.45, 2.75) is 18.9 Å². The molecule has 0 saturated heterocycles. The van der Waals surface area contributed by atoms with Gasteiger partial charge in [-0.2, -0.15) is 0 Å². The summed E-state index contributed by atoms with van der Waals surface area (Å²) in [5.41, 5.74) is 4.35. The maximum atomic E-state index is 15.3. The first-order valence-electron chi connectivity index (χ1n) is 13.8. The van der Waals surface area contributed by atoms with Gasteiger partial charge in [0.05, 0.1) is 34.6 Å². The molecule has 7 rings (SSSR count). The van der Waals surface area contributed by atoms with Gasteiger partial charge in [0.25, 0.3) is 0 Å². The molecular formula is C34H23Cl2F2N5. The van der Waals surface area contributed by atoms with Crippen molar-refractivity contribution in [3.8, 4) is 11.3 Å². The standard InChI is InChI=1S/C34H23Cl2F2N5/c35-20-9-11-26(37)24(15-20)30-17-32(22-5-1-3-7-28(22)41-30)43(34-13-14-39-19-40-34)33-18-31(25-16-21(36)10-12-27(25)38)42-29-8-4-2-6-23(29)33/h1-7,9-15,17-19,25,29H,8,16H2. The number of aliphatic imine (C=N–C) groups is 1. The summed E-state index contributed by atoms with van der Waals surface area (Å²) in [5, 5.41) is 1.78. The zero-order chi connectivity index (χ0) is 29.5. The van der Waals surface area contributed by atoms with Gasteiger partial charge in [0.1, 0.15) is 23.8 Å². The van der Waals surface area contributed by atoms with Gasteiger partial charge in [-0.3, -0.25) is 9.89 Å². The number of pyridine rings is 1. The van der Waals surface area contributed by atoms with Crippen molar-refractivity contribution in [1.29, 1.82) is 0 Å². The molecule has 0 amide bonds. The van der Waals surface area contributed by atoms with Crippen molar-refractivity contribution in [1.82, 2.24) is 15.0 Å². The van der Waals surface area contributed by atoms with Crippen LogP contribution in [0.4, 0.5) is 20.3 Å². The lowest BCUT2D eigenvalue weighted by Crippen LogP contribution is -2.31. The number of fused-ring (bicyclic) bond motifs is 2. The summed E-state index contributed by atoms with van der Waals surface area (Å²) in [5.74, 6) is -0.775. The molecule has 4 aromatic rings. The second kappa shape index (κ2) is 11.3. The largest absolute Gasteiger partial charge is 0.294 e. The van der Waals surface area contributed by atoms with Crippen molar-refractivity contribution in [2.75, 3.05) is 4.90 Å². The summed E-state index contributed by atoms with van der Waals surface area (Å²) in [7, 11) is 0. The van der Waals surface area contributed by atoms with E-state index in [4.69, 9.17) is 33.2 Å². The summed E-state index contributed by atoms with van der Waals surface area (Å²) in [6, 6.07) is 15.5. The third-order valence-electron chi connectivity index (χ3n) is 7.70. The molecule has 3 heterocycles. The van der Waals surface area contributed by atoms with Crippen molar-refractivity contribution in [2.24, 2.45) is 10.9 Å². The van der Waals surface area contributed by atoms with Crippen LogP contribution in [0.1, 0.15) is 12.8 Å². The van der Waals surface area contributed by atoms with Crippen LogP contribution in [-0.2, 0) is 0 Å². The van der Waals surface area contributed by atoms with Crippen LogP contribution in [0.25, 0.3) is 22.2 Å². The number of hydrogen-bond acceptors (Lipinski definition) is 5. The molecule has 2 atom stereocenters. The quantitative estimate of drug-likeness (QED) is 0.226. The minimum atomic E-state index is -0.613. The Morgan fingerprint density at radius 2 is 1.84 bits per heavy atom. The minimum absolute atomic E-state index is 0.236. The number of aromatic nitrogens is 3. The summed E-state index contributed by atoms with van der Waals surface area (Å²) < 4.78 is 30.4. The Morgan fingerprint density at radius 3 is 2.70 bits per heavy atom. The van der Waals surface area contributed by atoms with E-state index in [1.165, 1.54) is 24.5 Å². The number of allylic oxidation sites excluding steroid dienone is 7. The summed E-state index contributed by atoms with van der Waals surface area (Å²) in [6.07, 6.45) is 15.1. The van der Waals surface area contributed by atoms with Gasteiger partial charge in [-0.05, 0) is 67.5 Å². The molecule has 0 N–H and O–H groups in total. The van der Waals surface area contributed by atoms with E-state index in [9.17, 15) is 0 Å². The van der Waals surface area contributed by atoms with Gasteiger partial charge in [-0.1, -0.05) is 59.6 Å². The molecule has 0 radical (unpaired) electrons. The Balaban J connectivity index is 1.49. The lowest BCUT2D eigenvalue weighted by molar-refractivity contribution is 0.535. The first-order valence-corrected chi connectivity index (χ1v) is 14.5. The van der Waals surface area contributed by atoms with E-state index in [2.05, 4.69) is 16.0 Å². The normalized spacial score (nSPS) is 19.6. The van der Waals surface area contributed by atoms with Gasteiger partial charge in [-0.25, -0.2) is 23.7 Å². The molecule has 2 aromatic carbocycles. The van der Waals surface area contributed by atoms with Crippen molar-refractivity contribution in [3.63, 3.8) is 0 Å². The fraction of sp³-hybridized carbons (Fsp3) is 0.118. The molecule has 0 saturated carbocycles. The summed E-state index contributed by atoms with van der Waals surface area (Å²) in [4.78, 5) is 20.6. The van der Waals surface area contributed by atoms with Crippen LogP contribution >= 0.6 is 23.2 Å². The van der Waals surface area contributed by atoms with E-state index in [-0.39, 0.29) is 17.4 Å². The van der Waals surface area contributed by atoms with Gasteiger partial charge in [-0.15, -0.1) is 0 Å². The van der Waals surface area contributed by atoms with E-state index in [1.807, 2.05) is 53.5 Å². The van der Waals surface area contributed by atoms with Crippen LogP contribution in [-0.4, -0.2) is 26.7 Å². The predicted octanol–water partition coefficient (Wildman–Crippen LogP) is 9.21. The molecule has 43 heavy (non-hydrogen) atoms. The molecule has 212 valence electrons. The highest BCUT2D eigenvalue weighted by atomic mass is 35.5. The topological polar surface area (TPSA) is 54.3 Å². The van der Waals surface area contributed by atoms with Crippen LogP contribution in [0, 0.1) is 11.7 Å². The minimum Gasteiger partial charge on any atom is -0.294 e. The second-order valence-electron chi connectivity index (χ2n) is 10.4.